The monoisotopic (exact) mass is 213 g/mol. The molecule has 0 spiro atoms. The van der Waals surface area contributed by atoms with Crippen LogP contribution in [0.3, 0.4) is 0 Å². The van der Waals surface area contributed by atoms with E-state index in [0.717, 1.165) is 5.56 Å². The number of nitrogens with zero attached hydrogens (tertiary/aromatic N) is 1. The Hall–Kier alpha value is -2.16. The quantitative estimate of drug-likeness (QED) is 0.434. The molecular formula is C13H11NO2. The molecule has 3 heteroatoms. The Kier molecular flexibility index (Phi) is 2.68. The Morgan fingerprint density at radius 2 is 1.81 bits per heavy atom. The van der Waals surface area contributed by atoms with E-state index >= 15 is 0 Å². The van der Waals surface area contributed by atoms with Gasteiger partial charge in [0.2, 0.25) is 0 Å². The van der Waals surface area contributed by atoms with E-state index in [1.807, 2.05) is 19.1 Å². The molecule has 0 saturated carbocycles. The van der Waals surface area contributed by atoms with Crippen molar-refractivity contribution in [2.75, 3.05) is 0 Å². The van der Waals surface area contributed by atoms with Gasteiger partial charge in [0, 0.05) is 17.7 Å². The van der Waals surface area contributed by atoms with Crippen molar-refractivity contribution in [3.05, 3.63) is 70.7 Å². The Balaban J connectivity index is 2.40. The van der Waals surface area contributed by atoms with E-state index in [-0.39, 0.29) is 11.5 Å². The predicted octanol–water partition coefficient (Wildman–Crippen LogP) is 1.86. The second kappa shape index (κ2) is 4.14. The molecular weight excluding hydrogens is 202 g/mol. The summed E-state index contributed by atoms with van der Waals surface area (Å²) in [6.45, 7) is 1.95. The zero-order valence-corrected chi connectivity index (χ0v) is 8.88. The molecule has 16 heavy (non-hydrogen) atoms. The second-order valence-corrected chi connectivity index (χ2v) is 3.61. The molecule has 2 rings (SSSR count). The number of aromatic nitrogens is 1. The van der Waals surface area contributed by atoms with Gasteiger partial charge in [-0.15, -0.1) is 0 Å². The van der Waals surface area contributed by atoms with Gasteiger partial charge in [-0.25, -0.2) is 0 Å². The molecule has 0 unspecified atom stereocenters. The Labute approximate surface area is 93.6 Å². The van der Waals surface area contributed by atoms with Crippen molar-refractivity contribution in [2.24, 2.45) is 0 Å². The molecule has 0 saturated heterocycles. The third-order valence-electron chi connectivity index (χ3n) is 2.37. The largest absolute Gasteiger partial charge is 0.618 e. The van der Waals surface area contributed by atoms with Crippen molar-refractivity contribution in [1.82, 2.24) is 0 Å². The molecule has 2 aromatic rings. The predicted molar refractivity (Wildman–Crippen MR) is 60.0 cm³/mol. The highest BCUT2D eigenvalue weighted by Crippen LogP contribution is 2.07. The van der Waals surface area contributed by atoms with Gasteiger partial charge in [-0.3, -0.25) is 4.79 Å². The summed E-state index contributed by atoms with van der Waals surface area (Å²) in [5.74, 6) is -0.254. The number of benzene rings is 1. The lowest BCUT2D eigenvalue weighted by Crippen LogP contribution is -2.33. The Morgan fingerprint density at radius 3 is 2.44 bits per heavy atom. The van der Waals surface area contributed by atoms with E-state index in [9.17, 15) is 10.0 Å². The third kappa shape index (κ3) is 1.93. The first kappa shape index (κ1) is 10.4. The molecule has 0 aliphatic heterocycles. The van der Waals surface area contributed by atoms with E-state index in [4.69, 9.17) is 0 Å². The lowest BCUT2D eigenvalue weighted by atomic mass is 10.1. The molecule has 3 nitrogen and oxygen atoms in total. The summed E-state index contributed by atoms with van der Waals surface area (Å²) in [5.41, 5.74) is 1.76. The van der Waals surface area contributed by atoms with Crippen molar-refractivity contribution >= 4 is 5.78 Å². The lowest BCUT2D eigenvalue weighted by molar-refractivity contribution is -0.607. The topological polar surface area (TPSA) is 44.0 Å². The summed E-state index contributed by atoms with van der Waals surface area (Å²) >= 11 is 0. The average molecular weight is 213 g/mol. The van der Waals surface area contributed by atoms with E-state index in [1.54, 1.807) is 24.3 Å². The number of rotatable bonds is 2. The minimum Gasteiger partial charge on any atom is -0.618 e. The van der Waals surface area contributed by atoms with Gasteiger partial charge in [-0.05, 0) is 13.0 Å². The smallest absolute Gasteiger partial charge is 0.264 e. The van der Waals surface area contributed by atoms with Crippen LogP contribution in [0.4, 0.5) is 0 Å². The highest BCUT2D eigenvalue weighted by Gasteiger charge is 2.16. The fourth-order valence-corrected chi connectivity index (χ4v) is 1.46. The number of carbonyl (C=O) groups is 1. The maximum absolute atomic E-state index is 12.0. The van der Waals surface area contributed by atoms with Crippen LogP contribution in [0.2, 0.25) is 0 Å². The van der Waals surface area contributed by atoms with Gasteiger partial charge in [-0.1, -0.05) is 29.8 Å². The van der Waals surface area contributed by atoms with Crippen LogP contribution in [0.25, 0.3) is 0 Å². The molecule has 1 aromatic carbocycles. The minimum absolute atomic E-state index is 0.145. The molecule has 0 fully saturated rings. The zero-order chi connectivity index (χ0) is 11.5. The first-order valence-electron chi connectivity index (χ1n) is 4.98. The summed E-state index contributed by atoms with van der Waals surface area (Å²) in [6, 6.07) is 12.0. The fraction of sp³-hybridized carbons (Fsp3) is 0.0769. The van der Waals surface area contributed by atoms with Crippen LogP contribution in [-0.2, 0) is 0 Å². The van der Waals surface area contributed by atoms with Gasteiger partial charge < -0.3 is 5.21 Å². The summed E-state index contributed by atoms with van der Waals surface area (Å²) in [7, 11) is 0. The molecule has 0 amide bonds. The molecule has 0 aliphatic carbocycles. The summed E-state index contributed by atoms with van der Waals surface area (Å²) in [6.07, 6.45) is 1.32. The van der Waals surface area contributed by atoms with Crippen LogP contribution < -0.4 is 4.73 Å². The van der Waals surface area contributed by atoms with E-state index in [0.29, 0.717) is 10.3 Å². The maximum atomic E-state index is 12.0. The van der Waals surface area contributed by atoms with Gasteiger partial charge >= 0.3 is 0 Å². The number of carbonyl (C=O) groups excluding carboxylic acids is 1. The van der Waals surface area contributed by atoms with Crippen LogP contribution in [0, 0.1) is 12.1 Å². The normalized spacial score (nSPS) is 10.1. The third-order valence-corrected chi connectivity index (χ3v) is 2.37. The number of pyridine rings is 1. The minimum atomic E-state index is -0.254. The Bertz CT molecular complexity index is 518. The molecule has 0 N–H and O–H groups in total. The number of ketones is 1. The molecule has 0 atom stereocenters. The van der Waals surface area contributed by atoms with Crippen LogP contribution in [-0.4, -0.2) is 5.78 Å². The van der Waals surface area contributed by atoms with Gasteiger partial charge in [0.05, 0.1) is 0 Å². The zero-order valence-electron chi connectivity index (χ0n) is 8.88. The number of aryl methyl sites for hydroxylation is 1. The van der Waals surface area contributed by atoms with E-state index in [1.165, 1.54) is 12.3 Å². The van der Waals surface area contributed by atoms with E-state index in [2.05, 4.69) is 0 Å². The van der Waals surface area contributed by atoms with E-state index < -0.39 is 0 Å². The van der Waals surface area contributed by atoms with Crippen molar-refractivity contribution in [1.29, 1.82) is 0 Å². The standard InChI is InChI=1S/C13H11NO2/c1-10-5-7-11(8-6-10)13(15)12-4-2-3-9-14(12)16/h2-9H,1H3. The molecule has 1 heterocycles. The molecule has 0 aliphatic rings. The van der Waals surface area contributed by atoms with Crippen molar-refractivity contribution < 1.29 is 9.52 Å². The first-order valence-corrected chi connectivity index (χ1v) is 4.98. The lowest BCUT2D eigenvalue weighted by Gasteiger charge is -2.03. The van der Waals surface area contributed by atoms with Crippen LogP contribution >= 0.6 is 0 Å². The number of hydrogen-bond donors (Lipinski definition) is 0. The van der Waals surface area contributed by atoms with Crippen LogP contribution in [0.1, 0.15) is 21.6 Å². The van der Waals surface area contributed by atoms with Crippen molar-refractivity contribution in [2.45, 2.75) is 6.92 Å². The molecule has 80 valence electrons. The van der Waals surface area contributed by atoms with Gasteiger partial charge in [-0.2, -0.15) is 4.73 Å². The summed E-state index contributed by atoms with van der Waals surface area (Å²) < 4.78 is 0.586. The molecule has 0 radical (unpaired) electrons. The maximum Gasteiger partial charge on any atom is 0.264 e. The Morgan fingerprint density at radius 1 is 1.12 bits per heavy atom. The van der Waals surface area contributed by atoms with Crippen LogP contribution in [0.5, 0.6) is 0 Å². The van der Waals surface area contributed by atoms with Gasteiger partial charge in [0.1, 0.15) is 0 Å². The summed E-state index contributed by atoms with van der Waals surface area (Å²) in [5, 5.41) is 11.4. The van der Waals surface area contributed by atoms with Gasteiger partial charge in [0.25, 0.3) is 11.5 Å². The molecule has 1 aromatic heterocycles. The van der Waals surface area contributed by atoms with Crippen molar-refractivity contribution in [3.8, 4) is 0 Å². The number of hydrogen-bond acceptors (Lipinski definition) is 2. The SMILES string of the molecule is Cc1ccc(C(=O)c2cccc[n+]2[O-])cc1. The highest BCUT2D eigenvalue weighted by molar-refractivity contribution is 6.06. The fourth-order valence-electron chi connectivity index (χ4n) is 1.46. The van der Waals surface area contributed by atoms with Crippen molar-refractivity contribution in [3.63, 3.8) is 0 Å². The second-order valence-electron chi connectivity index (χ2n) is 3.61. The van der Waals surface area contributed by atoms with Crippen LogP contribution in [0.15, 0.2) is 48.7 Å². The van der Waals surface area contributed by atoms with Gasteiger partial charge in [0.15, 0.2) is 6.20 Å². The highest BCUT2D eigenvalue weighted by atomic mass is 16.5. The average Bonchev–Trinajstić information content (AvgIpc) is 2.30. The first-order chi connectivity index (χ1) is 7.68. The molecule has 0 bridgehead atoms. The summed E-state index contributed by atoms with van der Waals surface area (Å²) in [4.78, 5) is 12.0.